The lowest BCUT2D eigenvalue weighted by Crippen LogP contribution is -2.50. The molecule has 2 amide bonds. The summed E-state index contributed by atoms with van der Waals surface area (Å²) < 4.78 is 5.67. The third kappa shape index (κ3) is 5.50. The topological polar surface area (TPSA) is 105 Å². The fourth-order valence-corrected chi connectivity index (χ4v) is 5.08. The summed E-state index contributed by atoms with van der Waals surface area (Å²) >= 11 is 0. The van der Waals surface area contributed by atoms with Crippen molar-refractivity contribution in [3.05, 3.63) is 59.7 Å². The van der Waals surface area contributed by atoms with E-state index in [1.165, 1.54) is 0 Å². The van der Waals surface area contributed by atoms with Crippen molar-refractivity contribution in [1.29, 1.82) is 0 Å². The molecule has 1 saturated carbocycles. The minimum absolute atomic E-state index is 0.0366. The molecular weight excluding hydrogens is 444 g/mol. The molecule has 3 unspecified atom stereocenters. The number of carboxylic acid groups (broad SMARTS) is 1. The third-order valence-electron chi connectivity index (χ3n) is 7.57. The van der Waals surface area contributed by atoms with Crippen molar-refractivity contribution in [3.63, 3.8) is 0 Å². The Labute approximate surface area is 206 Å². The summed E-state index contributed by atoms with van der Waals surface area (Å²) in [5.41, 5.74) is 4.60. The Morgan fingerprint density at radius 1 is 1.00 bits per heavy atom. The summed E-state index contributed by atoms with van der Waals surface area (Å²) in [5, 5.41) is 15.0. The van der Waals surface area contributed by atoms with Crippen molar-refractivity contribution in [3.8, 4) is 11.1 Å². The highest BCUT2D eigenvalue weighted by Crippen LogP contribution is 2.44. The average molecular weight is 479 g/mol. The average Bonchev–Trinajstić information content (AvgIpc) is 3.13. The van der Waals surface area contributed by atoms with Gasteiger partial charge in [0.15, 0.2) is 0 Å². The van der Waals surface area contributed by atoms with Crippen LogP contribution in [0.2, 0.25) is 0 Å². The fraction of sp³-hybridized carbons (Fsp3) is 0.464. The number of alkyl carbamates (subject to hydrolysis) is 1. The number of ether oxygens (including phenoxy) is 1. The van der Waals surface area contributed by atoms with Crippen LogP contribution in [0.1, 0.15) is 63.0 Å². The molecular formula is C28H34N2O5. The minimum Gasteiger partial charge on any atom is -0.480 e. The summed E-state index contributed by atoms with van der Waals surface area (Å²) in [6.07, 6.45) is 3.04. The van der Waals surface area contributed by atoms with Crippen LogP contribution in [0.5, 0.6) is 0 Å². The number of fused-ring (bicyclic) bond motifs is 3. The van der Waals surface area contributed by atoms with E-state index < -0.39 is 18.1 Å². The maximum absolute atomic E-state index is 12.8. The van der Waals surface area contributed by atoms with Gasteiger partial charge in [-0.3, -0.25) is 4.79 Å². The van der Waals surface area contributed by atoms with Gasteiger partial charge in [-0.05, 0) is 46.9 Å². The van der Waals surface area contributed by atoms with Crippen LogP contribution in [0.4, 0.5) is 4.79 Å². The monoisotopic (exact) mass is 478 g/mol. The molecule has 7 heteroatoms. The second kappa shape index (κ2) is 10.9. The molecule has 2 aliphatic carbocycles. The molecule has 2 aliphatic rings. The summed E-state index contributed by atoms with van der Waals surface area (Å²) in [5.74, 6) is -1.45. The zero-order chi connectivity index (χ0) is 24.9. The number of carbonyl (C=O) groups is 3. The lowest BCUT2D eigenvalue weighted by Gasteiger charge is -2.34. The molecule has 2 aromatic carbocycles. The first-order valence-corrected chi connectivity index (χ1v) is 12.5. The first kappa shape index (κ1) is 24.8. The predicted octanol–water partition coefficient (Wildman–Crippen LogP) is 4.70. The van der Waals surface area contributed by atoms with Crippen LogP contribution in [0.3, 0.4) is 0 Å². The van der Waals surface area contributed by atoms with Crippen LogP contribution in [0.15, 0.2) is 48.5 Å². The van der Waals surface area contributed by atoms with Gasteiger partial charge in [-0.1, -0.05) is 75.2 Å². The maximum Gasteiger partial charge on any atom is 0.407 e. The Balaban J connectivity index is 1.37. The number of aliphatic carboxylic acids is 1. The van der Waals surface area contributed by atoms with E-state index in [4.69, 9.17) is 4.74 Å². The summed E-state index contributed by atoms with van der Waals surface area (Å²) in [4.78, 5) is 37.1. The zero-order valence-corrected chi connectivity index (χ0v) is 20.3. The van der Waals surface area contributed by atoms with Crippen LogP contribution >= 0.6 is 0 Å². The smallest absolute Gasteiger partial charge is 0.407 e. The van der Waals surface area contributed by atoms with Crippen LogP contribution in [-0.4, -0.2) is 41.8 Å². The van der Waals surface area contributed by atoms with Gasteiger partial charge in [0.25, 0.3) is 0 Å². The summed E-state index contributed by atoms with van der Waals surface area (Å²) in [6.45, 7) is 3.90. The molecule has 4 rings (SSSR count). The Hall–Kier alpha value is -3.35. The number of benzene rings is 2. The number of rotatable bonds is 10. The SMILES string of the molecule is CCC(C)C(NC(=O)CC(NC(=O)OCC1c2ccccc2-c2ccccc21)C1CCC1)C(=O)O. The normalized spacial score (nSPS) is 17.3. The molecule has 0 spiro atoms. The van der Waals surface area contributed by atoms with Gasteiger partial charge in [0.05, 0.1) is 0 Å². The Morgan fingerprint density at radius 3 is 2.11 bits per heavy atom. The number of nitrogens with one attached hydrogen (secondary N) is 2. The van der Waals surface area contributed by atoms with Crippen molar-refractivity contribution < 1.29 is 24.2 Å². The van der Waals surface area contributed by atoms with E-state index in [0.717, 1.165) is 41.5 Å². The molecule has 0 heterocycles. The molecule has 186 valence electrons. The van der Waals surface area contributed by atoms with Crippen LogP contribution in [0, 0.1) is 11.8 Å². The number of hydrogen-bond acceptors (Lipinski definition) is 4. The van der Waals surface area contributed by atoms with Gasteiger partial charge in [0.2, 0.25) is 5.91 Å². The van der Waals surface area contributed by atoms with E-state index in [-0.39, 0.29) is 42.7 Å². The van der Waals surface area contributed by atoms with E-state index in [9.17, 15) is 19.5 Å². The van der Waals surface area contributed by atoms with E-state index in [1.54, 1.807) is 6.92 Å². The molecule has 2 aromatic rings. The van der Waals surface area contributed by atoms with Crippen molar-refractivity contribution in [2.75, 3.05) is 6.61 Å². The number of carboxylic acids is 1. The lowest BCUT2D eigenvalue weighted by molar-refractivity contribution is -0.143. The van der Waals surface area contributed by atoms with Crippen molar-refractivity contribution >= 4 is 18.0 Å². The van der Waals surface area contributed by atoms with Gasteiger partial charge in [-0.15, -0.1) is 0 Å². The summed E-state index contributed by atoms with van der Waals surface area (Å²) in [6, 6.07) is 15.0. The van der Waals surface area contributed by atoms with Crippen LogP contribution in [-0.2, 0) is 14.3 Å². The lowest BCUT2D eigenvalue weighted by atomic mass is 9.78. The predicted molar refractivity (Wildman–Crippen MR) is 133 cm³/mol. The highest BCUT2D eigenvalue weighted by atomic mass is 16.5. The maximum atomic E-state index is 12.8. The Morgan fingerprint density at radius 2 is 1.60 bits per heavy atom. The molecule has 3 atom stereocenters. The number of hydrogen-bond donors (Lipinski definition) is 3. The van der Waals surface area contributed by atoms with Gasteiger partial charge in [-0.2, -0.15) is 0 Å². The van der Waals surface area contributed by atoms with Crippen LogP contribution < -0.4 is 10.6 Å². The highest BCUT2D eigenvalue weighted by molar-refractivity contribution is 5.84. The van der Waals surface area contributed by atoms with Gasteiger partial charge < -0.3 is 20.5 Å². The van der Waals surface area contributed by atoms with Gasteiger partial charge in [0, 0.05) is 18.4 Å². The zero-order valence-electron chi connectivity index (χ0n) is 20.3. The number of carbonyl (C=O) groups excluding carboxylic acids is 2. The molecule has 7 nitrogen and oxygen atoms in total. The van der Waals surface area contributed by atoms with Crippen molar-refractivity contribution in [2.24, 2.45) is 11.8 Å². The first-order chi connectivity index (χ1) is 16.9. The Bertz CT molecular complexity index is 1040. The van der Waals surface area contributed by atoms with Crippen molar-refractivity contribution in [1.82, 2.24) is 10.6 Å². The molecule has 0 aromatic heterocycles. The van der Waals surface area contributed by atoms with E-state index in [1.807, 2.05) is 31.2 Å². The third-order valence-corrected chi connectivity index (χ3v) is 7.57. The Kier molecular flexibility index (Phi) is 7.73. The van der Waals surface area contributed by atoms with E-state index >= 15 is 0 Å². The van der Waals surface area contributed by atoms with Gasteiger partial charge >= 0.3 is 12.1 Å². The second-order valence-corrected chi connectivity index (χ2v) is 9.74. The van der Waals surface area contributed by atoms with Gasteiger partial charge in [-0.25, -0.2) is 9.59 Å². The molecule has 3 N–H and O–H groups in total. The quantitative estimate of drug-likeness (QED) is 0.459. The fourth-order valence-electron chi connectivity index (χ4n) is 5.08. The van der Waals surface area contributed by atoms with Crippen molar-refractivity contribution in [2.45, 2.75) is 64.0 Å². The molecule has 35 heavy (non-hydrogen) atoms. The van der Waals surface area contributed by atoms with Gasteiger partial charge in [0.1, 0.15) is 12.6 Å². The van der Waals surface area contributed by atoms with Crippen LogP contribution in [0.25, 0.3) is 11.1 Å². The highest BCUT2D eigenvalue weighted by Gasteiger charge is 2.34. The van der Waals surface area contributed by atoms with E-state index in [0.29, 0.717) is 6.42 Å². The standard InChI is InChI=1S/C28H34N2O5/c1-3-17(2)26(27(32)33)30-25(31)15-24(18-9-8-10-18)29-28(34)35-16-23-21-13-6-4-11-19(21)20-12-5-7-14-22(20)23/h4-7,11-14,17-18,23-24,26H,3,8-10,15-16H2,1-2H3,(H,29,34)(H,30,31)(H,32,33). The second-order valence-electron chi connectivity index (χ2n) is 9.74. The molecule has 0 aliphatic heterocycles. The molecule has 0 bridgehead atoms. The molecule has 1 fully saturated rings. The van der Waals surface area contributed by atoms with E-state index in [2.05, 4.69) is 34.9 Å². The molecule has 0 saturated heterocycles. The summed E-state index contributed by atoms with van der Waals surface area (Å²) in [7, 11) is 0. The largest absolute Gasteiger partial charge is 0.480 e. The number of amides is 2. The molecule has 0 radical (unpaired) electrons. The minimum atomic E-state index is -1.04. The first-order valence-electron chi connectivity index (χ1n) is 12.5.